The number of halogens is 1. The van der Waals surface area contributed by atoms with Crippen LogP contribution < -0.4 is 0 Å². The Morgan fingerprint density at radius 1 is 1.53 bits per heavy atom. The van der Waals surface area contributed by atoms with Crippen molar-refractivity contribution in [3.05, 3.63) is 35.8 Å². The van der Waals surface area contributed by atoms with Gasteiger partial charge in [0.15, 0.2) is 0 Å². The maximum atomic E-state index is 12.9. The quantitative estimate of drug-likeness (QED) is 0.794. The molecule has 0 saturated heterocycles. The summed E-state index contributed by atoms with van der Waals surface area (Å²) in [6.07, 6.45) is 1.61. The van der Waals surface area contributed by atoms with Gasteiger partial charge in [-0.25, -0.2) is 4.39 Å². The van der Waals surface area contributed by atoms with Crippen LogP contribution in [0.3, 0.4) is 0 Å². The number of fused-ring (bicyclic) bond motifs is 1. The average Bonchev–Trinajstić information content (AvgIpc) is 2.59. The third-order valence-electron chi connectivity index (χ3n) is 2.51. The zero-order valence-corrected chi connectivity index (χ0v) is 8.12. The van der Waals surface area contributed by atoms with E-state index < -0.39 is 11.9 Å². The van der Waals surface area contributed by atoms with Crippen LogP contribution in [-0.4, -0.2) is 16.1 Å². The summed E-state index contributed by atoms with van der Waals surface area (Å²) < 4.78 is 12.9. The number of hydrogen-bond donors (Lipinski definition) is 2. The molecule has 0 amide bonds. The van der Waals surface area contributed by atoms with Crippen LogP contribution in [0.15, 0.2) is 24.4 Å². The Morgan fingerprint density at radius 2 is 2.27 bits per heavy atom. The van der Waals surface area contributed by atoms with Gasteiger partial charge in [0.2, 0.25) is 0 Å². The van der Waals surface area contributed by atoms with Gasteiger partial charge in [-0.15, -0.1) is 0 Å². The number of aliphatic carboxylic acids is 1. The third-order valence-corrected chi connectivity index (χ3v) is 2.51. The van der Waals surface area contributed by atoms with Crippen LogP contribution in [0, 0.1) is 5.82 Å². The Labute approximate surface area is 85.5 Å². The summed E-state index contributed by atoms with van der Waals surface area (Å²) >= 11 is 0. The average molecular weight is 207 g/mol. The molecule has 2 aromatic rings. The smallest absolute Gasteiger partial charge is 0.310 e. The van der Waals surface area contributed by atoms with Crippen LogP contribution in [0.25, 0.3) is 10.9 Å². The van der Waals surface area contributed by atoms with Crippen LogP contribution in [0.2, 0.25) is 0 Å². The molecule has 3 nitrogen and oxygen atoms in total. The summed E-state index contributed by atoms with van der Waals surface area (Å²) in [5.41, 5.74) is 1.30. The number of rotatable bonds is 2. The summed E-state index contributed by atoms with van der Waals surface area (Å²) in [5.74, 6) is -1.82. The number of hydrogen-bond acceptors (Lipinski definition) is 1. The van der Waals surface area contributed by atoms with Gasteiger partial charge < -0.3 is 10.1 Å². The highest BCUT2D eigenvalue weighted by atomic mass is 19.1. The van der Waals surface area contributed by atoms with E-state index in [9.17, 15) is 9.18 Å². The maximum Gasteiger partial charge on any atom is 0.310 e. The minimum atomic E-state index is -0.889. The predicted molar refractivity (Wildman–Crippen MR) is 54.3 cm³/mol. The molecule has 1 atom stereocenters. The minimum absolute atomic E-state index is 0.334. The monoisotopic (exact) mass is 207 g/mol. The SMILES string of the molecule is CC(C(=O)O)c1c[nH]c2cc(F)ccc12. The standard InChI is InChI=1S/C11H10FNO2/c1-6(11(14)15)9-5-13-10-4-7(12)2-3-8(9)10/h2-6,13H,1H3,(H,14,15). The van der Waals surface area contributed by atoms with E-state index in [1.807, 2.05) is 0 Å². The summed E-state index contributed by atoms with van der Waals surface area (Å²) in [5, 5.41) is 9.64. The zero-order chi connectivity index (χ0) is 11.0. The molecular weight excluding hydrogens is 197 g/mol. The van der Waals surface area contributed by atoms with Crippen LogP contribution in [0.5, 0.6) is 0 Å². The Hall–Kier alpha value is -1.84. The molecule has 0 spiro atoms. The van der Waals surface area contributed by atoms with Crippen molar-refractivity contribution in [2.24, 2.45) is 0 Å². The number of carboxylic acids is 1. The van der Waals surface area contributed by atoms with E-state index in [1.54, 1.807) is 19.2 Å². The third kappa shape index (κ3) is 1.58. The summed E-state index contributed by atoms with van der Waals surface area (Å²) in [4.78, 5) is 13.7. The first-order valence-corrected chi connectivity index (χ1v) is 4.59. The Morgan fingerprint density at radius 3 is 2.93 bits per heavy atom. The number of aromatic nitrogens is 1. The van der Waals surface area contributed by atoms with Gasteiger partial charge in [0.1, 0.15) is 5.82 Å². The molecule has 2 rings (SSSR count). The van der Waals surface area contributed by atoms with Crippen molar-refractivity contribution in [1.29, 1.82) is 0 Å². The van der Waals surface area contributed by atoms with Crippen LogP contribution in [0.4, 0.5) is 4.39 Å². The molecular formula is C11H10FNO2. The van der Waals surface area contributed by atoms with E-state index >= 15 is 0 Å². The number of benzene rings is 1. The fourth-order valence-electron chi connectivity index (χ4n) is 1.61. The fraction of sp³-hybridized carbons (Fsp3) is 0.182. The van der Waals surface area contributed by atoms with Gasteiger partial charge in [-0.2, -0.15) is 0 Å². The largest absolute Gasteiger partial charge is 0.481 e. The van der Waals surface area contributed by atoms with Crippen molar-refractivity contribution in [2.75, 3.05) is 0 Å². The molecule has 0 fully saturated rings. The Kier molecular flexibility index (Phi) is 2.19. The number of H-pyrrole nitrogens is 1. The lowest BCUT2D eigenvalue weighted by Gasteiger charge is -2.03. The number of carbonyl (C=O) groups is 1. The minimum Gasteiger partial charge on any atom is -0.481 e. The molecule has 0 radical (unpaired) electrons. The van der Waals surface area contributed by atoms with E-state index in [2.05, 4.69) is 4.98 Å². The molecule has 0 aliphatic carbocycles. The van der Waals surface area contributed by atoms with Crippen LogP contribution in [0.1, 0.15) is 18.4 Å². The van der Waals surface area contributed by atoms with E-state index in [0.29, 0.717) is 11.1 Å². The zero-order valence-electron chi connectivity index (χ0n) is 8.12. The molecule has 0 aliphatic rings. The molecule has 0 saturated carbocycles. The van der Waals surface area contributed by atoms with Crippen molar-refractivity contribution in [2.45, 2.75) is 12.8 Å². The Balaban J connectivity index is 2.59. The van der Waals surface area contributed by atoms with Gasteiger partial charge in [-0.05, 0) is 30.7 Å². The van der Waals surface area contributed by atoms with Gasteiger partial charge >= 0.3 is 5.97 Å². The van der Waals surface area contributed by atoms with Crippen molar-refractivity contribution < 1.29 is 14.3 Å². The van der Waals surface area contributed by atoms with Crippen LogP contribution >= 0.6 is 0 Å². The lowest BCUT2D eigenvalue weighted by molar-refractivity contribution is -0.138. The fourth-order valence-corrected chi connectivity index (χ4v) is 1.61. The molecule has 78 valence electrons. The van der Waals surface area contributed by atoms with Crippen molar-refractivity contribution in [3.63, 3.8) is 0 Å². The molecule has 2 N–H and O–H groups in total. The molecule has 15 heavy (non-hydrogen) atoms. The lowest BCUT2D eigenvalue weighted by atomic mass is 10.0. The summed E-state index contributed by atoms with van der Waals surface area (Å²) in [6.45, 7) is 1.61. The molecule has 1 aromatic carbocycles. The van der Waals surface area contributed by atoms with E-state index in [4.69, 9.17) is 5.11 Å². The number of nitrogens with one attached hydrogen (secondary N) is 1. The van der Waals surface area contributed by atoms with Gasteiger partial charge in [0.25, 0.3) is 0 Å². The van der Waals surface area contributed by atoms with E-state index in [1.165, 1.54) is 12.1 Å². The summed E-state index contributed by atoms with van der Waals surface area (Å²) in [7, 11) is 0. The predicted octanol–water partition coefficient (Wildman–Crippen LogP) is 2.50. The molecule has 4 heteroatoms. The highest BCUT2D eigenvalue weighted by Crippen LogP contribution is 2.25. The second-order valence-electron chi connectivity index (χ2n) is 3.49. The second-order valence-corrected chi connectivity index (χ2v) is 3.49. The first kappa shape index (κ1) is 9.71. The summed E-state index contributed by atoms with van der Waals surface area (Å²) in [6, 6.07) is 4.28. The normalized spacial score (nSPS) is 12.9. The Bertz CT molecular complexity index is 518. The van der Waals surface area contributed by atoms with Crippen molar-refractivity contribution in [1.82, 2.24) is 4.98 Å². The lowest BCUT2D eigenvalue weighted by Crippen LogP contribution is -2.06. The highest BCUT2D eigenvalue weighted by Gasteiger charge is 2.17. The molecule has 1 aromatic heterocycles. The number of carboxylic acid groups (broad SMARTS) is 1. The van der Waals surface area contributed by atoms with Gasteiger partial charge in [-0.3, -0.25) is 4.79 Å². The molecule has 0 aliphatic heterocycles. The van der Waals surface area contributed by atoms with E-state index in [0.717, 1.165) is 5.39 Å². The topological polar surface area (TPSA) is 53.1 Å². The molecule has 1 unspecified atom stereocenters. The molecule has 0 bridgehead atoms. The van der Waals surface area contributed by atoms with Crippen molar-refractivity contribution in [3.8, 4) is 0 Å². The second kappa shape index (κ2) is 3.38. The molecule has 1 heterocycles. The first-order valence-electron chi connectivity index (χ1n) is 4.59. The van der Waals surface area contributed by atoms with Gasteiger partial charge in [-0.1, -0.05) is 0 Å². The van der Waals surface area contributed by atoms with Gasteiger partial charge in [0.05, 0.1) is 5.92 Å². The van der Waals surface area contributed by atoms with E-state index in [-0.39, 0.29) is 5.82 Å². The number of aromatic amines is 1. The van der Waals surface area contributed by atoms with Crippen molar-refractivity contribution >= 4 is 16.9 Å². The van der Waals surface area contributed by atoms with Gasteiger partial charge in [0, 0.05) is 17.1 Å². The maximum absolute atomic E-state index is 12.9. The highest BCUT2D eigenvalue weighted by molar-refractivity contribution is 5.89. The first-order chi connectivity index (χ1) is 7.09. The van der Waals surface area contributed by atoms with Crippen LogP contribution in [-0.2, 0) is 4.79 Å².